The van der Waals surface area contributed by atoms with E-state index in [1.165, 1.54) is 5.56 Å². The molecule has 0 radical (unpaired) electrons. The molecule has 0 aliphatic carbocycles. The average molecular weight is 233 g/mol. The molecule has 2 N–H and O–H groups in total. The molecule has 0 amide bonds. The molecular formula is C12H15N3S. The summed E-state index contributed by atoms with van der Waals surface area (Å²) < 4.78 is 0. The zero-order chi connectivity index (χ0) is 11.7. The summed E-state index contributed by atoms with van der Waals surface area (Å²) in [4.78, 5) is 9.67. The summed E-state index contributed by atoms with van der Waals surface area (Å²) in [5.74, 6) is 0. The molecule has 0 fully saturated rings. The lowest BCUT2D eigenvalue weighted by molar-refractivity contribution is 0.858. The number of hydrogen-bond donors (Lipinski definition) is 1. The Hall–Kier alpha value is -1.26. The van der Waals surface area contributed by atoms with Crippen molar-refractivity contribution in [2.75, 3.05) is 0 Å². The van der Waals surface area contributed by atoms with Crippen molar-refractivity contribution in [3.63, 3.8) is 0 Å². The van der Waals surface area contributed by atoms with Gasteiger partial charge >= 0.3 is 0 Å². The van der Waals surface area contributed by atoms with Gasteiger partial charge in [-0.05, 0) is 38.0 Å². The molecule has 84 valence electrons. The van der Waals surface area contributed by atoms with Crippen LogP contribution in [0.15, 0.2) is 18.5 Å². The van der Waals surface area contributed by atoms with Gasteiger partial charge < -0.3 is 5.73 Å². The molecule has 4 heteroatoms. The smallest absolute Gasteiger partial charge is 0.0900 e. The quantitative estimate of drug-likeness (QED) is 0.867. The van der Waals surface area contributed by atoms with Crippen LogP contribution in [-0.4, -0.2) is 9.97 Å². The number of nitrogens with zero attached hydrogens (tertiary/aromatic N) is 2. The Balaban J connectivity index is 2.43. The first-order valence-corrected chi connectivity index (χ1v) is 6.01. The molecule has 1 atom stereocenters. The van der Waals surface area contributed by atoms with Crippen molar-refractivity contribution in [3.05, 3.63) is 45.2 Å². The number of aryl methyl sites for hydroxylation is 3. The Kier molecular flexibility index (Phi) is 3.03. The predicted octanol–water partition coefficient (Wildman–Crippen LogP) is 2.51. The zero-order valence-electron chi connectivity index (χ0n) is 9.69. The van der Waals surface area contributed by atoms with E-state index in [4.69, 9.17) is 5.73 Å². The molecule has 16 heavy (non-hydrogen) atoms. The third-order valence-corrected chi connectivity index (χ3v) is 3.79. The largest absolute Gasteiger partial charge is 0.319 e. The zero-order valence-corrected chi connectivity index (χ0v) is 10.5. The highest BCUT2D eigenvalue weighted by molar-refractivity contribution is 7.11. The van der Waals surface area contributed by atoms with Crippen LogP contribution < -0.4 is 5.73 Å². The van der Waals surface area contributed by atoms with Gasteiger partial charge in [0.05, 0.1) is 16.7 Å². The molecule has 1 unspecified atom stereocenters. The molecule has 0 spiro atoms. The van der Waals surface area contributed by atoms with Gasteiger partial charge in [0.1, 0.15) is 0 Å². The van der Waals surface area contributed by atoms with E-state index in [9.17, 15) is 0 Å². The number of hydrogen-bond acceptors (Lipinski definition) is 4. The van der Waals surface area contributed by atoms with E-state index in [1.54, 1.807) is 17.5 Å². The molecule has 2 heterocycles. The van der Waals surface area contributed by atoms with E-state index in [0.717, 1.165) is 21.1 Å². The maximum Gasteiger partial charge on any atom is 0.0900 e. The van der Waals surface area contributed by atoms with Gasteiger partial charge in [0.2, 0.25) is 0 Å². The van der Waals surface area contributed by atoms with Crippen LogP contribution in [0.3, 0.4) is 0 Å². The van der Waals surface area contributed by atoms with Gasteiger partial charge in [-0.3, -0.25) is 4.98 Å². The van der Waals surface area contributed by atoms with E-state index in [0.29, 0.717) is 0 Å². The van der Waals surface area contributed by atoms with Crippen molar-refractivity contribution in [1.82, 2.24) is 9.97 Å². The second-order valence-corrected chi connectivity index (χ2v) is 5.13. The Labute approximate surface area is 99.4 Å². The highest BCUT2D eigenvalue weighted by atomic mass is 32.1. The summed E-state index contributed by atoms with van der Waals surface area (Å²) in [5.41, 5.74) is 9.54. The average Bonchev–Trinajstić information content (AvgIpc) is 2.58. The van der Waals surface area contributed by atoms with Crippen molar-refractivity contribution >= 4 is 11.3 Å². The van der Waals surface area contributed by atoms with E-state index in [1.807, 2.05) is 26.1 Å². The van der Waals surface area contributed by atoms with Crippen LogP contribution in [0.2, 0.25) is 0 Å². The van der Waals surface area contributed by atoms with Gasteiger partial charge in [-0.25, -0.2) is 4.98 Å². The molecule has 2 aromatic heterocycles. The molecule has 0 saturated heterocycles. The van der Waals surface area contributed by atoms with Crippen LogP contribution in [-0.2, 0) is 0 Å². The minimum Gasteiger partial charge on any atom is -0.319 e. The molecule has 2 aromatic rings. The van der Waals surface area contributed by atoms with Crippen LogP contribution in [0.1, 0.15) is 32.7 Å². The standard InChI is InChI=1S/C12H15N3S/c1-7-4-5-14-6-10(7)11(13)12-8(2)15-9(3)16-12/h4-6,11H,13H2,1-3H3. The number of rotatable bonds is 2. The number of thiazole rings is 1. The normalized spacial score (nSPS) is 12.8. The van der Waals surface area contributed by atoms with Crippen molar-refractivity contribution < 1.29 is 0 Å². The number of nitrogens with two attached hydrogens (primary N) is 1. The lowest BCUT2D eigenvalue weighted by Gasteiger charge is -2.12. The van der Waals surface area contributed by atoms with Crippen molar-refractivity contribution in [1.29, 1.82) is 0 Å². The van der Waals surface area contributed by atoms with Crippen LogP contribution in [0.5, 0.6) is 0 Å². The SMILES string of the molecule is Cc1nc(C)c(C(N)c2cnccc2C)s1. The molecule has 2 rings (SSSR count). The Bertz CT molecular complexity index is 505. The summed E-state index contributed by atoms with van der Waals surface area (Å²) in [6.07, 6.45) is 3.63. The van der Waals surface area contributed by atoms with Crippen LogP contribution >= 0.6 is 11.3 Å². The van der Waals surface area contributed by atoms with Gasteiger partial charge in [-0.1, -0.05) is 0 Å². The maximum atomic E-state index is 6.26. The summed E-state index contributed by atoms with van der Waals surface area (Å²) in [7, 11) is 0. The summed E-state index contributed by atoms with van der Waals surface area (Å²) in [6.45, 7) is 6.06. The fourth-order valence-corrected chi connectivity index (χ4v) is 2.73. The topological polar surface area (TPSA) is 51.8 Å². The first-order chi connectivity index (χ1) is 7.59. The van der Waals surface area contributed by atoms with Crippen LogP contribution in [0.4, 0.5) is 0 Å². The summed E-state index contributed by atoms with van der Waals surface area (Å²) in [5, 5.41) is 1.06. The molecule has 0 aromatic carbocycles. The van der Waals surface area contributed by atoms with E-state index in [-0.39, 0.29) is 6.04 Å². The van der Waals surface area contributed by atoms with E-state index in [2.05, 4.69) is 16.9 Å². The van der Waals surface area contributed by atoms with Gasteiger partial charge in [0.25, 0.3) is 0 Å². The van der Waals surface area contributed by atoms with E-state index >= 15 is 0 Å². The first-order valence-electron chi connectivity index (χ1n) is 5.19. The van der Waals surface area contributed by atoms with Gasteiger partial charge in [-0.2, -0.15) is 0 Å². The Morgan fingerprint density at radius 2 is 2.06 bits per heavy atom. The predicted molar refractivity (Wildman–Crippen MR) is 66.6 cm³/mol. The third kappa shape index (κ3) is 1.99. The summed E-state index contributed by atoms with van der Waals surface area (Å²) >= 11 is 1.66. The molecular weight excluding hydrogens is 218 g/mol. The minimum atomic E-state index is -0.111. The van der Waals surface area contributed by atoms with Crippen molar-refractivity contribution in [2.24, 2.45) is 5.73 Å². The fraction of sp³-hybridized carbons (Fsp3) is 0.333. The number of pyridine rings is 1. The first kappa shape index (κ1) is 11.2. The lowest BCUT2D eigenvalue weighted by Crippen LogP contribution is -2.13. The summed E-state index contributed by atoms with van der Waals surface area (Å²) in [6, 6.07) is 1.87. The van der Waals surface area contributed by atoms with E-state index < -0.39 is 0 Å². The maximum absolute atomic E-state index is 6.26. The second-order valence-electron chi connectivity index (χ2n) is 3.89. The van der Waals surface area contributed by atoms with Crippen LogP contribution in [0, 0.1) is 20.8 Å². The minimum absolute atomic E-state index is 0.111. The van der Waals surface area contributed by atoms with Crippen LogP contribution in [0.25, 0.3) is 0 Å². The Morgan fingerprint density at radius 3 is 2.62 bits per heavy atom. The molecule has 0 aliphatic heterocycles. The number of aromatic nitrogens is 2. The van der Waals surface area contributed by atoms with Gasteiger partial charge in [-0.15, -0.1) is 11.3 Å². The molecule has 0 aliphatic rings. The second kappa shape index (κ2) is 4.31. The highest BCUT2D eigenvalue weighted by Gasteiger charge is 2.16. The van der Waals surface area contributed by atoms with Gasteiger partial charge in [0.15, 0.2) is 0 Å². The lowest BCUT2D eigenvalue weighted by atomic mass is 10.0. The monoisotopic (exact) mass is 233 g/mol. The van der Waals surface area contributed by atoms with Crippen molar-refractivity contribution in [3.8, 4) is 0 Å². The highest BCUT2D eigenvalue weighted by Crippen LogP contribution is 2.28. The molecule has 0 bridgehead atoms. The van der Waals surface area contributed by atoms with Gasteiger partial charge in [0, 0.05) is 17.3 Å². The third-order valence-electron chi connectivity index (χ3n) is 2.64. The van der Waals surface area contributed by atoms with Crippen molar-refractivity contribution in [2.45, 2.75) is 26.8 Å². The fourth-order valence-electron chi connectivity index (χ4n) is 1.78. The molecule has 3 nitrogen and oxygen atoms in total. The molecule has 0 saturated carbocycles. The Morgan fingerprint density at radius 1 is 1.31 bits per heavy atom.